The van der Waals surface area contributed by atoms with Crippen LogP contribution in [0.5, 0.6) is 0 Å². The van der Waals surface area contributed by atoms with Gasteiger partial charge in [-0.2, -0.15) is 0 Å². The van der Waals surface area contributed by atoms with E-state index in [0.29, 0.717) is 5.56 Å². The van der Waals surface area contributed by atoms with Gasteiger partial charge in [-0.05, 0) is 24.6 Å². The number of carbonyl (C=O) groups is 2. The summed E-state index contributed by atoms with van der Waals surface area (Å²) in [6.07, 6.45) is 1.07. The van der Waals surface area contributed by atoms with Gasteiger partial charge in [0.2, 0.25) is 5.91 Å². The molecule has 1 aromatic rings. The highest BCUT2D eigenvalue weighted by Crippen LogP contribution is 2.28. The Morgan fingerprint density at radius 3 is 1.95 bits per heavy atom. The van der Waals surface area contributed by atoms with Crippen LogP contribution in [0.15, 0.2) is 29.2 Å². The molecule has 0 aliphatic carbocycles. The molecule has 1 aromatic carbocycles. The van der Waals surface area contributed by atoms with Gasteiger partial charge < -0.3 is 10.0 Å². The fourth-order valence-corrected chi connectivity index (χ4v) is 2.43. The third kappa shape index (κ3) is 2.82. The van der Waals surface area contributed by atoms with E-state index in [1.54, 1.807) is 0 Å². The smallest absolute Gasteiger partial charge is 0.334 e. The fraction of sp³-hybridized carbons (Fsp3) is 0.385. The first-order valence-electron chi connectivity index (χ1n) is 5.79. The SMILES string of the molecule is CC(=O)N(C)C(C)(C(=O)O)c1ccc(S(C)(=O)=O)cc1. The van der Waals surface area contributed by atoms with Crippen molar-refractivity contribution < 1.29 is 23.1 Å². The second kappa shape index (κ2) is 5.24. The molecule has 1 unspecified atom stereocenters. The van der Waals surface area contributed by atoms with Crippen LogP contribution in [0.3, 0.4) is 0 Å². The van der Waals surface area contributed by atoms with Gasteiger partial charge >= 0.3 is 5.97 Å². The molecule has 0 fully saturated rings. The lowest BCUT2D eigenvalue weighted by Crippen LogP contribution is -2.49. The van der Waals surface area contributed by atoms with Crippen molar-refractivity contribution in [2.75, 3.05) is 13.3 Å². The molecular weight excluding hydrogens is 282 g/mol. The van der Waals surface area contributed by atoms with Gasteiger partial charge in [0, 0.05) is 20.2 Å². The number of benzene rings is 1. The zero-order valence-corrected chi connectivity index (χ0v) is 12.6. The number of sulfone groups is 1. The van der Waals surface area contributed by atoms with Gasteiger partial charge in [-0.25, -0.2) is 13.2 Å². The van der Waals surface area contributed by atoms with Gasteiger partial charge in [0.25, 0.3) is 0 Å². The van der Waals surface area contributed by atoms with Crippen LogP contribution in [0, 0.1) is 0 Å². The maximum absolute atomic E-state index is 11.5. The van der Waals surface area contributed by atoms with Crippen LogP contribution >= 0.6 is 0 Å². The third-order valence-corrected chi connectivity index (χ3v) is 4.53. The highest BCUT2D eigenvalue weighted by molar-refractivity contribution is 7.90. The molecule has 0 heterocycles. The van der Waals surface area contributed by atoms with Gasteiger partial charge in [0.05, 0.1) is 4.90 Å². The molecule has 0 aliphatic heterocycles. The lowest BCUT2D eigenvalue weighted by Gasteiger charge is -2.34. The van der Waals surface area contributed by atoms with Gasteiger partial charge in [-0.1, -0.05) is 12.1 Å². The maximum atomic E-state index is 11.5. The van der Waals surface area contributed by atoms with E-state index in [9.17, 15) is 23.1 Å². The average molecular weight is 299 g/mol. The second-order valence-electron chi connectivity index (χ2n) is 4.75. The number of hydrogen-bond donors (Lipinski definition) is 1. The van der Waals surface area contributed by atoms with Crippen molar-refractivity contribution in [3.8, 4) is 0 Å². The molecule has 0 saturated carbocycles. The molecule has 1 atom stereocenters. The summed E-state index contributed by atoms with van der Waals surface area (Å²) in [7, 11) is -1.96. The number of amides is 1. The molecule has 0 bridgehead atoms. The largest absolute Gasteiger partial charge is 0.479 e. The number of carboxylic acids is 1. The normalized spacial score (nSPS) is 14.4. The Hall–Kier alpha value is -1.89. The molecule has 1 rings (SSSR count). The Kier molecular flexibility index (Phi) is 4.24. The van der Waals surface area contributed by atoms with E-state index >= 15 is 0 Å². The van der Waals surface area contributed by atoms with Crippen molar-refractivity contribution in [2.24, 2.45) is 0 Å². The van der Waals surface area contributed by atoms with Crippen molar-refractivity contribution in [1.29, 1.82) is 0 Å². The summed E-state index contributed by atoms with van der Waals surface area (Å²) >= 11 is 0. The van der Waals surface area contributed by atoms with Crippen LogP contribution in [0.1, 0.15) is 19.4 Å². The van der Waals surface area contributed by atoms with Crippen molar-refractivity contribution >= 4 is 21.7 Å². The summed E-state index contributed by atoms with van der Waals surface area (Å²) in [5.74, 6) is -1.59. The van der Waals surface area contributed by atoms with Crippen LogP contribution in [-0.4, -0.2) is 43.6 Å². The first-order valence-corrected chi connectivity index (χ1v) is 7.68. The van der Waals surface area contributed by atoms with E-state index in [0.717, 1.165) is 11.2 Å². The average Bonchev–Trinajstić information content (AvgIpc) is 2.35. The Balaban J connectivity index is 3.38. The molecule has 0 saturated heterocycles. The Morgan fingerprint density at radius 1 is 1.20 bits per heavy atom. The first-order chi connectivity index (χ1) is 9.01. The Morgan fingerprint density at radius 2 is 1.65 bits per heavy atom. The van der Waals surface area contributed by atoms with Crippen molar-refractivity contribution in [3.05, 3.63) is 29.8 Å². The zero-order chi connectivity index (χ0) is 15.7. The molecule has 7 heteroatoms. The Bertz CT molecular complexity index is 635. The quantitative estimate of drug-likeness (QED) is 0.890. The van der Waals surface area contributed by atoms with E-state index in [-0.39, 0.29) is 4.90 Å². The zero-order valence-electron chi connectivity index (χ0n) is 11.7. The Labute approximate surface area is 117 Å². The number of aliphatic carboxylic acids is 1. The van der Waals surface area contributed by atoms with E-state index in [2.05, 4.69) is 0 Å². The summed E-state index contributed by atoms with van der Waals surface area (Å²) in [5, 5.41) is 9.42. The summed E-state index contributed by atoms with van der Waals surface area (Å²) in [6, 6.07) is 5.48. The number of rotatable bonds is 4. The molecule has 6 nitrogen and oxygen atoms in total. The fourth-order valence-electron chi connectivity index (χ4n) is 1.80. The summed E-state index contributed by atoms with van der Waals surface area (Å²) < 4.78 is 22.8. The number of likely N-dealkylation sites (N-methyl/N-ethyl adjacent to an activating group) is 1. The van der Waals surface area contributed by atoms with Crippen LogP contribution in [0.4, 0.5) is 0 Å². The number of carboxylic acid groups (broad SMARTS) is 1. The highest BCUT2D eigenvalue weighted by atomic mass is 32.2. The number of carbonyl (C=O) groups excluding carboxylic acids is 1. The van der Waals surface area contributed by atoms with E-state index < -0.39 is 27.3 Å². The van der Waals surface area contributed by atoms with Gasteiger partial charge in [-0.15, -0.1) is 0 Å². The van der Waals surface area contributed by atoms with Gasteiger partial charge in [0.1, 0.15) is 0 Å². The van der Waals surface area contributed by atoms with Crippen LogP contribution < -0.4 is 0 Å². The summed E-state index contributed by atoms with van der Waals surface area (Å²) in [4.78, 5) is 24.2. The summed E-state index contributed by atoms with van der Waals surface area (Å²) in [5.41, 5.74) is -1.22. The molecule has 0 radical (unpaired) electrons. The van der Waals surface area contributed by atoms with Crippen LogP contribution in [0.25, 0.3) is 0 Å². The minimum atomic E-state index is -3.35. The molecular formula is C13H17NO5S. The van der Waals surface area contributed by atoms with E-state index in [4.69, 9.17) is 0 Å². The molecule has 1 N–H and O–H groups in total. The van der Waals surface area contributed by atoms with E-state index in [1.165, 1.54) is 45.2 Å². The van der Waals surface area contributed by atoms with Crippen molar-refractivity contribution in [2.45, 2.75) is 24.3 Å². The van der Waals surface area contributed by atoms with Crippen LogP contribution in [-0.2, 0) is 25.0 Å². The molecule has 110 valence electrons. The maximum Gasteiger partial charge on any atom is 0.334 e. The predicted molar refractivity (Wildman–Crippen MR) is 73.0 cm³/mol. The van der Waals surface area contributed by atoms with Crippen LogP contribution in [0.2, 0.25) is 0 Å². The standard InChI is InChI=1S/C13H17NO5S/c1-9(15)14(3)13(2,12(16)17)10-5-7-11(8-6-10)20(4,18)19/h5-8H,1-4H3,(H,16,17). The third-order valence-electron chi connectivity index (χ3n) is 3.40. The van der Waals surface area contributed by atoms with Gasteiger partial charge in [0.15, 0.2) is 15.4 Å². The topological polar surface area (TPSA) is 91.8 Å². The minimum absolute atomic E-state index is 0.0967. The van der Waals surface area contributed by atoms with Crippen molar-refractivity contribution in [3.63, 3.8) is 0 Å². The predicted octanol–water partition coefficient (Wildman–Crippen LogP) is 0.868. The van der Waals surface area contributed by atoms with Gasteiger partial charge in [-0.3, -0.25) is 4.79 Å². The summed E-state index contributed by atoms with van der Waals surface area (Å²) in [6.45, 7) is 2.66. The molecule has 1 amide bonds. The van der Waals surface area contributed by atoms with E-state index in [1.807, 2.05) is 0 Å². The highest BCUT2D eigenvalue weighted by Gasteiger charge is 2.41. The lowest BCUT2D eigenvalue weighted by atomic mass is 9.90. The minimum Gasteiger partial charge on any atom is -0.479 e. The number of nitrogens with zero attached hydrogens (tertiary/aromatic N) is 1. The van der Waals surface area contributed by atoms with Crippen molar-refractivity contribution in [1.82, 2.24) is 4.90 Å². The molecule has 0 spiro atoms. The molecule has 0 aliphatic rings. The molecule has 20 heavy (non-hydrogen) atoms. The monoisotopic (exact) mass is 299 g/mol. The molecule has 0 aromatic heterocycles. The second-order valence-corrected chi connectivity index (χ2v) is 6.77. The lowest BCUT2D eigenvalue weighted by molar-refractivity contribution is -0.156. The first kappa shape index (κ1) is 16.2. The number of hydrogen-bond acceptors (Lipinski definition) is 4.